The van der Waals surface area contributed by atoms with Crippen molar-refractivity contribution in [1.82, 2.24) is 9.97 Å². The summed E-state index contributed by atoms with van der Waals surface area (Å²) in [5, 5.41) is 1.70. The van der Waals surface area contributed by atoms with Gasteiger partial charge in [0.05, 0.1) is 0 Å². The topological polar surface area (TPSA) is 45.8 Å². The van der Waals surface area contributed by atoms with Crippen LogP contribution in [0.15, 0.2) is 16.0 Å². The molecule has 0 fully saturated rings. The molecule has 5 heteroatoms. The number of nitrogens with one attached hydrogen (secondary N) is 1. The van der Waals surface area contributed by atoms with Crippen molar-refractivity contribution in [3.63, 3.8) is 0 Å². The van der Waals surface area contributed by atoms with Gasteiger partial charge in [0, 0.05) is 22.8 Å². The molecule has 0 bridgehead atoms. The Balaban J connectivity index is 2.61. The number of hydrogen-bond donors (Lipinski definition) is 1. The molecule has 0 spiro atoms. The highest BCUT2D eigenvalue weighted by Gasteiger charge is 1.97. The van der Waals surface area contributed by atoms with Gasteiger partial charge in [-0.1, -0.05) is 27.7 Å². The van der Waals surface area contributed by atoms with E-state index in [0.29, 0.717) is 5.16 Å². The number of thioether (sulfide) groups is 1. The lowest BCUT2D eigenvalue weighted by Gasteiger charge is -1.99. The largest absolute Gasteiger partial charge is 0.301 e. The molecule has 0 aliphatic carbocycles. The van der Waals surface area contributed by atoms with E-state index in [2.05, 4.69) is 25.9 Å². The Hall–Kier alpha value is -0.290. The zero-order valence-electron chi connectivity index (χ0n) is 7.34. The van der Waals surface area contributed by atoms with Gasteiger partial charge in [-0.15, -0.1) is 0 Å². The molecule has 0 amide bonds. The number of aryl methyl sites for hydroxylation is 1. The van der Waals surface area contributed by atoms with E-state index < -0.39 is 0 Å². The second-order valence-corrected chi connectivity index (χ2v) is 4.46. The van der Waals surface area contributed by atoms with Gasteiger partial charge in [0.1, 0.15) is 0 Å². The van der Waals surface area contributed by atoms with Crippen LogP contribution >= 0.6 is 27.7 Å². The minimum atomic E-state index is -0.0751. The number of hydrogen-bond acceptors (Lipinski definition) is 3. The standard InChI is InChI=1S/C8H11BrN2OS/c1-6-5-7(12)11-8(10-6)13-4-2-3-9/h5H,2-4H2,1H3,(H,10,11,12). The first-order chi connectivity index (χ1) is 6.22. The first kappa shape index (κ1) is 10.8. The van der Waals surface area contributed by atoms with E-state index in [1.165, 1.54) is 6.07 Å². The lowest BCUT2D eigenvalue weighted by Crippen LogP contribution is -2.08. The molecule has 1 aromatic heterocycles. The monoisotopic (exact) mass is 262 g/mol. The average Bonchev–Trinajstić information content (AvgIpc) is 2.03. The van der Waals surface area contributed by atoms with Crippen molar-refractivity contribution in [2.45, 2.75) is 18.5 Å². The van der Waals surface area contributed by atoms with Crippen LogP contribution in [0.3, 0.4) is 0 Å². The van der Waals surface area contributed by atoms with Gasteiger partial charge in [-0.05, 0) is 13.3 Å². The Bertz CT molecular complexity index is 326. The Morgan fingerprint density at radius 2 is 2.46 bits per heavy atom. The molecule has 1 N–H and O–H groups in total. The fourth-order valence-corrected chi connectivity index (χ4v) is 2.36. The minimum Gasteiger partial charge on any atom is -0.301 e. The number of H-pyrrole nitrogens is 1. The highest BCUT2D eigenvalue weighted by atomic mass is 79.9. The van der Waals surface area contributed by atoms with Crippen LogP contribution in [-0.4, -0.2) is 21.1 Å². The van der Waals surface area contributed by atoms with Crippen LogP contribution in [0.5, 0.6) is 0 Å². The highest BCUT2D eigenvalue weighted by molar-refractivity contribution is 9.09. The first-order valence-corrected chi connectivity index (χ1v) is 6.10. The fourth-order valence-electron chi connectivity index (χ4n) is 0.843. The van der Waals surface area contributed by atoms with Crippen molar-refractivity contribution in [2.24, 2.45) is 0 Å². The molecule has 1 heterocycles. The van der Waals surface area contributed by atoms with E-state index in [4.69, 9.17) is 0 Å². The summed E-state index contributed by atoms with van der Waals surface area (Å²) in [7, 11) is 0. The van der Waals surface area contributed by atoms with Gasteiger partial charge in [0.2, 0.25) is 0 Å². The third kappa shape index (κ3) is 3.95. The maximum Gasteiger partial charge on any atom is 0.251 e. The summed E-state index contributed by atoms with van der Waals surface area (Å²) >= 11 is 4.92. The number of nitrogens with zero attached hydrogens (tertiary/aromatic N) is 1. The Morgan fingerprint density at radius 3 is 3.08 bits per heavy atom. The second-order valence-electron chi connectivity index (χ2n) is 2.58. The minimum absolute atomic E-state index is 0.0751. The fraction of sp³-hybridized carbons (Fsp3) is 0.500. The molecule has 3 nitrogen and oxygen atoms in total. The van der Waals surface area contributed by atoms with Crippen LogP contribution in [0.1, 0.15) is 12.1 Å². The van der Waals surface area contributed by atoms with Gasteiger partial charge in [-0.3, -0.25) is 4.79 Å². The van der Waals surface area contributed by atoms with E-state index in [1.807, 2.05) is 6.92 Å². The van der Waals surface area contributed by atoms with Gasteiger partial charge < -0.3 is 4.98 Å². The molecule has 1 aromatic rings. The van der Waals surface area contributed by atoms with E-state index in [-0.39, 0.29) is 5.56 Å². The predicted octanol–water partition coefficient (Wildman–Crippen LogP) is 1.96. The summed E-state index contributed by atoms with van der Waals surface area (Å²) in [6.45, 7) is 1.82. The van der Waals surface area contributed by atoms with Gasteiger partial charge in [0.25, 0.3) is 5.56 Å². The molecule has 0 unspecified atom stereocenters. The van der Waals surface area contributed by atoms with Gasteiger partial charge >= 0.3 is 0 Å². The number of aromatic amines is 1. The normalized spacial score (nSPS) is 10.3. The molecule has 0 saturated heterocycles. The molecular formula is C8H11BrN2OS. The Labute approximate surface area is 89.5 Å². The quantitative estimate of drug-likeness (QED) is 0.391. The molecule has 0 aromatic carbocycles. The predicted molar refractivity (Wildman–Crippen MR) is 58.7 cm³/mol. The Morgan fingerprint density at radius 1 is 1.69 bits per heavy atom. The van der Waals surface area contributed by atoms with Crippen molar-refractivity contribution in [3.05, 3.63) is 22.1 Å². The first-order valence-electron chi connectivity index (χ1n) is 3.99. The van der Waals surface area contributed by atoms with Crippen LogP contribution < -0.4 is 5.56 Å². The number of halogens is 1. The van der Waals surface area contributed by atoms with E-state index >= 15 is 0 Å². The smallest absolute Gasteiger partial charge is 0.251 e. The molecule has 0 aliphatic heterocycles. The molecule has 1 rings (SSSR count). The van der Waals surface area contributed by atoms with Crippen LogP contribution in [-0.2, 0) is 0 Å². The van der Waals surface area contributed by atoms with Crippen LogP contribution in [0.2, 0.25) is 0 Å². The molecule has 0 radical (unpaired) electrons. The third-order valence-electron chi connectivity index (χ3n) is 1.36. The molecule has 0 atom stereocenters. The van der Waals surface area contributed by atoms with Crippen molar-refractivity contribution in [1.29, 1.82) is 0 Å². The molecule has 72 valence electrons. The van der Waals surface area contributed by atoms with Crippen molar-refractivity contribution in [3.8, 4) is 0 Å². The lowest BCUT2D eigenvalue weighted by atomic mass is 10.5. The van der Waals surface area contributed by atoms with Crippen LogP contribution in [0.4, 0.5) is 0 Å². The molecule has 13 heavy (non-hydrogen) atoms. The van der Waals surface area contributed by atoms with Gasteiger partial charge in [0.15, 0.2) is 5.16 Å². The summed E-state index contributed by atoms with van der Waals surface area (Å²) in [6, 6.07) is 1.49. The van der Waals surface area contributed by atoms with Crippen molar-refractivity contribution in [2.75, 3.05) is 11.1 Å². The summed E-state index contributed by atoms with van der Waals surface area (Å²) in [6.07, 6.45) is 1.07. The highest BCUT2D eigenvalue weighted by Crippen LogP contribution is 2.12. The van der Waals surface area contributed by atoms with Crippen LogP contribution in [0, 0.1) is 6.92 Å². The summed E-state index contributed by atoms with van der Waals surface area (Å²) in [4.78, 5) is 17.9. The number of rotatable bonds is 4. The maximum atomic E-state index is 11.0. The van der Waals surface area contributed by atoms with Crippen molar-refractivity contribution >= 4 is 27.7 Å². The Kier molecular flexibility index (Phi) is 4.52. The van der Waals surface area contributed by atoms with Gasteiger partial charge in [-0.2, -0.15) is 0 Å². The molecular weight excluding hydrogens is 252 g/mol. The average molecular weight is 263 g/mol. The molecule has 0 saturated carbocycles. The number of alkyl halides is 1. The second kappa shape index (κ2) is 5.44. The van der Waals surface area contributed by atoms with Gasteiger partial charge in [-0.25, -0.2) is 4.98 Å². The summed E-state index contributed by atoms with van der Waals surface area (Å²) < 4.78 is 0. The zero-order valence-corrected chi connectivity index (χ0v) is 9.74. The SMILES string of the molecule is Cc1cc(=O)[nH]c(SCCCBr)n1. The summed E-state index contributed by atoms with van der Waals surface area (Å²) in [5.74, 6) is 0.970. The van der Waals surface area contributed by atoms with Crippen molar-refractivity contribution < 1.29 is 0 Å². The van der Waals surface area contributed by atoms with E-state index in [9.17, 15) is 4.79 Å². The summed E-state index contributed by atoms with van der Waals surface area (Å²) in [5.41, 5.74) is 0.693. The maximum absolute atomic E-state index is 11.0. The van der Waals surface area contributed by atoms with E-state index in [1.54, 1.807) is 11.8 Å². The number of aromatic nitrogens is 2. The third-order valence-corrected chi connectivity index (χ3v) is 2.89. The van der Waals surface area contributed by atoms with Crippen LogP contribution in [0.25, 0.3) is 0 Å². The lowest BCUT2D eigenvalue weighted by molar-refractivity contribution is 0.903. The zero-order chi connectivity index (χ0) is 9.68. The molecule has 0 aliphatic rings. The van der Waals surface area contributed by atoms with E-state index in [0.717, 1.165) is 23.2 Å².